The van der Waals surface area contributed by atoms with E-state index in [1.54, 1.807) is 37.6 Å². The molecule has 0 saturated carbocycles. The van der Waals surface area contributed by atoms with E-state index >= 15 is 0 Å². The topological polar surface area (TPSA) is 68.5 Å². The Hall–Kier alpha value is -1.79. The molecule has 0 saturated heterocycles. The molecule has 0 radical (unpaired) electrons. The maximum Gasteiger partial charge on any atom is 0.244 e. The van der Waals surface area contributed by atoms with Gasteiger partial charge in [0.1, 0.15) is 10.6 Å². The third-order valence-electron chi connectivity index (χ3n) is 2.84. The molecule has 0 unspecified atom stereocenters. The van der Waals surface area contributed by atoms with E-state index in [0.29, 0.717) is 12.2 Å². The molecule has 0 amide bonds. The normalized spacial score (nSPS) is 13.1. The monoisotopic (exact) mass is 295 g/mol. The number of nitrogens with one attached hydrogen (secondary N) is 1. The molecule has 2 aromatic rings. The van der Waals surface area contributed by atoms with Crippen molar-refractivity contribution in [2.75, 3.05) is 7.11 Å². The van der Waals surface area contributed by atoms with Crippen molar-refractivity contribution < 1.29 is 17.6 Å². The van der Waals surface area contributed by atoms with Crippen LogP contribution < -0.4 is 9.46 Å². The van der Waals surface area contributed by atoms with Crippen LogP contribution in [0.1, 0.15) is 12.5 Å². The average molecular weight is 295 g/mol. The number of methoxy groups -OCH3 is 1. The molecule has 0 aliphatic heterocycles. The van der Waals surface area contributed by atoms with E-state index in [1.165, 1.54) is 13.2 Å². The molecule has 0 aliphatic carbocycles. The number of furan rings is 1. The molecule has 20 heavy (non-hydrogen) atoms. The Morgan fingerprint density at radius 2 is 2.05 bits per heavy atom. The number of sulfonamides is 1. The highest BCUT2D eigenvalue weighted by molar-refractivity contribution is 7.89. The van der Waals surface area contributed by atoms with Crippen LogP contribution in [0.25, 0.3) is 0 Å². The first kappa shape index (κ1) is 14.6. The van der Waals surface area contributed by atoms with E-state index in [-0.39, 0.29) is 10.9 Å². The summed E-state index contributed by atoms with van der Waals surface area (Å²) in [6, 6.07) is 8.10. The maximum atomic E-state index is 12.3. The van der Waals surface area contributed by atoms with Gasteiger partial charge >= 0.3 is 0 Å². The SMILES string of the molecule is COc1ccccc1S(=O)(=O)N[C@H](C)Cc1ccoc1. The Morgan fingerprint density at radius 3 is 2.70 bits per heavy atom. The molecule has 108 valence electrons. The lowest BCUT2D eigenvalue weighted by Gasteiger charge is -2.15. The summed E-state index contributed by atoms with van der Waals surface area (Å²) in [5.74, 6) is 0.329. The zero-order chi connectivity index (χ0) is 14.6. The zero-order valence-electron chi connectivity index (χ0n) is 11.4. The van der Waals surface area contributed by atoms with Gasteiger partial charge in [0.15, 0.2) is 0 Å². The van der Waals surface area contributed by atoms with Crippen molar-refractivity contribution >= 4 is 10.0 Å². The molecule has 5 nitrogen and oxygen atoms in total. The van der Waals surface area contributed by atoms with Crippen molar-refractivity contribution in [2.45, 2.75) is 24.3 Å². The third kappa shape index (κ3) is 3.40. The average Bonchev–Trinajstić information content (AvgIpc) is 2.90. The van der Waals surface area contributed by atoms with Gasteiger partial charge in [-0.25, -0.2) is 13.1 Å². The van der Waals surface area contributed by atoms with Crippen LogP contribution in [0.4, 0.5) is 0 Å². The minimum atomic E-state index is -3.61. The summed E-state index contributed by atoms with van der Waals surface area (Å²) < 4.78 is 37.4. The molecular weight excluding hydrogens is 278 g/mol. The molecule has 1 atom stereocenters. The van der Waals surface area contributed by atoms with Gasteiger partial charge < -0.3 is 9.15 Å². The molecule has 0 spiro atoms. The Balaban J connectivity index is 2.14. The Morgan fingerprint density at radius 1 is 1.30 bits per heavy atom. The van der Waals surface area contributed by atoms with Crippen LogP contribution in [0.5, 0.6) is 5.75 Å². The molecule has 0 aliphatic rings. The molecular formula is C14H17NO4S. The fraction of sp³-hybridized carbons (Fsp3) is 0.286. The van der Waals surface area contributed by atoms with E-state index in [4.69, 9.17) is 9.15 Å². The highest BCUT2D eigenvalue weighted by atomic mass is 32.2. The van der Waals surface area contributed by atoms with Crippen LogP contribution in [-0.4, -0.2) is 21.6 Å². The second-order valence-electron chi connectivity index (χ2n) is 4.51. The van der Waals surface area contributed by atoms with Crippen LogP contribution in [0.3, 0.4) is 0 Å². The van der Waals surface area contributed by atoms with Crippen LogP contribution in [0.2, 0.25) is 0 Å². The summed E-state index contributed by atoms with van der Waals surface area (Å²) in [6.07, 6.45) is 3.73. The standard InChI is InChI=1S/C14H17NO4S/c1-11(9-12-7-8-19-10-12)15-20(16,17)14-6-4-3-5-13(14)18-2/h3-8,10-11,15H,9H2,1-2H3/t11-/m1/s1. The van der Waals surface area contributed by atoms with E-state index in [2.05, 4.69) is 4.72 Å². The first-order chi connectivity index (χ1) is 9.53. The first-order valence-corrected chi connectivity index (χ1v) is 7.67. The van der Waals surface area contributed by atoms with Crippen molar-refractivity contribution in [3.63, 3.8) is 0 Å². The third-order valence-corrected chi connectivity index (χ3v) is 4.47. The molecule has 1 heterocycles. The smallest absolute Gasteiger partial charge is 0.244 e. The van der Waals surface area contributed by atoms with E-state index in [9.17, 15) is 8.42 Å². The second-order valence-corrected chi connectivity index (χ2v) is 6.19. The highest BCUT2D eigenvalue weighted by Crippen LogP contribution is 2.23. The summed E-state index contributed by atoms with van der Waals surface area (Å²) in [6.45, 7) is 1.81. The van der Waals surface area contributed by atoms with Gasteiger partial charge in [-0.3, -0.25) is 0 Å². The van der Waals surface area contributed by atoms with Crippen LogP contribution >= 0.6 is 0 Å². The van der Waals surface area contributed by atoms with Gasteiger partial charge in [0, 0.05) is 6.04 Å². The molecule has 1 aromatic carbocycles. The summed E-state index contributed by atoms with van der Waals surface area (Å²) >= 11 is 0. The molecule has 2 rings (SSSR count). The molecule has 1 N–H and O–H groups in total. The lowest BCUT2D eigenvalue weighted by molar-refractivity contribution is 0.402. The summed E-state index contributed by atoms with van der Waals surface area (Å²) in [5, 5.41) is 0. The lowest BCUT2D eigenvalue weighted by Crippen LogP contribution is -2.34. The van der Waals surface area contributed by atoms with Crippen molar-refractivity contribution in [3.05, 3.63) is 48.4 Å². The van der Waals surface area contributed by atoms with Crippen LogP contribution in [-0.2, 0) is 16.4 Å². The van der Waals surface area contributed by atoms with E-state index in [0.717, 1.165) is 5.56 Å². The van der Waals surface area contributed by atoms with Gasteiger partial charge in [0.05, 0.1) is 19.6 Å². The first-order valence-electron chi connectivity index (χ1n) is 6.19. The number of rotatable bonds is 6. The molecule has 0 fully saturated rings. The second kappa shape index (κ2) is 6.11. The predicted molar refractivity (Wildman–Crippen MR) is 75.2 cm³/mol. The molecule has 0 bridgehead atoms. The Labute approximate surface area is 118 Å². The van der Waals surface area contributed by atoms with Gasteiger partial charge in [-0.15, -0.1) is 0 Å². The summed E-state index contributed by atoms with van der Waals surface area (Å²) in [7, 11) is -2.16. The number of ether oxygens (including phenoxy) is 1. The minimum Gasteiger partial charge on any atom is -0.495 e. The van der Waals surface area contributed by atoms with Gasteiger partial charge in [0.25, 0.3) is 0 Å². The quantitative estimate of drug-likeness (QED) is 0.887. The van der Waals surface area contributed by atoms with E-state index < -0.39 is 10.0 Å². The summed E-state index contributed by atoms with van der Waals surface area (Å²) in [5.41, 5.74) is 0.945. The number of hydrogen-bond acceptors (Lipinski definition) is 4. The maximum absolute atomic E-state index is 12.3. The largest absolute Gasteiger partial charge is 0.495 e. The van der Waals surface area contributed by atoms with Crippen molar-refractivity contribution in [1.29, 1.82) is 0 Å². The lowest BCUT2D eigenvalue weighted by atomic mass is 10.1. The Kier molecular flexibility index (Phi) is 4.46. The fourth-order valence-corrected chi connectivity index (χ4v) is 3.39. The minimum absolute atomic E-state index is 0.140. The Bertz CT molecular complexity index is 650. The van der Waals surface area contributed by atoms with Gasteiger partial charge in [0.2, 0.25) is 10.0 Å². The predicted octanol–water partition coefficient (Wildman–Crippen LogP) is 2.20. The number of hydrogen-bond donors (Lipinski definition) is 1. The number of benzene rings is 1. The van der Waals surface area contributed by atoms with E-state index in [1.807, 2.05) is 6.07 Å². The van der Waals surface area contributed by atoms with Crippen molar-refractivity contribution in [2.24, 2.45) is 0 Å². The van der Waals surface area contributed by atoms with Gasteiger partial charge in [-0.05, 0) is 37.1 Å². The zero-order valence-corrected chi connectivity index (χ0v) is 12.2. The highest BCUT2D eigenvalue weighted by Gasteiger charge is 2.21. The summed E-state index contributed by atoms with van der Waals surface area (Å²) in [4.78, 5) is 0.140. The number of para-hydroxylation sites is 1. The van der Waals surface area contributed by atoms with Gasteiger partial charge in [-0.1, -0.05) is 12.1 Å². The molecule has 1 aromatic heterocycles. The van der Waals surface area contributed by atoms with Gasteiger partial charge in [-0.2, -0.15) is 0 Å². The van der Waals surface area contributed by atoms with Crippen molar-refractivity contribution in [3.8, 4) is 5.75 Å². The molecule has 6 heteroatoms. The van der Waals surface area contributed by atoms with Crippen LogP contribution in [0.15, 0.2) is 52.2 Å². The fourth-order valence-electron chi connectivity index (χ4n) is 1.97. The van der Waals surface area contributed by atoms with Crippen LogP contribution in [0, 0.1) is 0 Å². The van der Waals surface area contributed by atoms with Crippen molar-refractivity contribution in [1.82, 2.24) is 4.72 Å².